The third kappa shape index (κ3) is 5.21. The van der Waals surface area contributed by atoms with E-state index in [0.29, 0.717) is 17.5 Å². The summed E-state index contributed by atoms with van der Waals surface area (Å²) in [5.41, 5.74) is 1.51. The largest absolute Gasteiger partial charge is 0.315 e. The van der Waals surface area contributed by atoms with E-state index in [9.17, 15) is 0 Å². The van der Waals surface area contributed by atoms with Crippen LogP contribution in [0.2, 0.25) is 0 Å². The predicted molar refractivity (Wildman–Crippen MR) is 77.9 cm³/mol. The lowest BCUT2D eigenvalue weighted by molar-refractivity contribution is 0.316. The Balaban J connectivity index is 2.48. The maximum atomic E-state index is 4.63. The molecule has 0 unspecified atom stereocenters. The summed E-state index contributed by atoms with van der Waals surface area (Å²) < 4.78 is 2.04. The number of aromatic nitrogens is 2. The minimum absolute atomic E-state index is 0.304. The van der Waals surface area contributed by atoms with Crippen molar-refractivity contribution in [3.8, 4) is 0 Å². The van der Waals surface area contributed by atoms with Crippen LogP contribution in [-0.2, 0) is 6.42 Å². The average molecular weight is 251 g/mol. The number of rotatable bonds is 7. The van der Waals surface area contributed by atoms with Gasteiger partial charge in [-0.15, -0.1) is 0 Å². The summed E-state index contributed by atoms with van der Waals surface area (Å²) in [5, 5.41) is 8.12. The summed E-state index contributed by atoms with van der Waals surface area (Å²) in [6, 6.07) is 3.17. The Labute approximate surface area is 112 Å². The molecular formula is C15H29N3. The molecule has 1 heterocycles. The van der Waals surface area contributed by atoms with Crippen LogP contribution in [0.15, 0.2) is 12.3 Å². The van der Waals surface area contributed by atoms with Crippen molar-refractivity contribution in [2.24, 2.45) is 5.41 Å². The molecule has 0 fully saturated rings. The van der Waals surface area contributed by atoms with E-state index in [1.54, 1.807) is 0 Å². The second kappa shape index (κ2) is 6.37. The zero-order valence-corrected chi connectivity index (χ0v) is 12.8. The van der Waals surface area contributed by atoms with Crippen LogP contribution in [0.1, 0.15) is 59.7 Å². The molecule has 0 saturated heterocycles. The van der Waals surface area contributed by atoms with Gasteiger partial charge in [-0.1, -0.05) is 27.7 Å². The molecule has 1 aromatic heterocycles. The Morgan fingerprint density at radius 3 is 2.44 bits per heavy atom. The van der Waals surface area contributed by atoms with Crippen molar-refractivity contribution >= 4 is 0 Å². The summed E-state index contributed by atoms with van der Waals surface area (Å²) >= 11 is 0. The minimum Gasteiger partial charge on any atom is -0.315 e. The highest BCUT2D eigenvalue weighted by Gasteiger charge is 2.19. The summed E-state index contributed by atoms with van der Waals surface area (Å²) in [6.45, 7) is 14.4. The van der Waals surface area contributed by atoms with Gasteiger partial charge in [0.2, 0.25) is 0 Å². The van der Waals surface area contributed by atoms with E-state index >= 15 is 0 Å². The molecule has 18 heavy (non-hydrogen) atoms. The summed E-state index contributed by atoms with van der Waals surface area (Å²) in [6.07, 6.45) is 4.31. The second-order valence-corrected chi connectivity index (χ2v) is 6.58. The van der Waals surface area contributed by atoms with Crippen molar-refractivity contribution in [3.05, 3.63) is 18.0 Å². The highest BCUT2D eigenvalue weighted by Crippen LogP contribution is 2.25. The molecule has 3 nitrogen and oxygen atoms in total. The van der Waals surface area contributed by atoms with Crippen molar-refractivity contribution in [1.82, 2.24) is 15.1 Å². The first-order chi connectivity index (χ1) is 8.30. The Bertz CT molecular complexity index is 350. The van der Waals surface area contributed by atoms with E-state index in [1.165, 1.54) is 12.1 Å². The van der Waals surface area contributed by atoms with Gasteiger partial charge in [0.15, 0.2) is 0 Å². The predicted octanol–water partition coefficient (Wildman–Crippen LogP) is 3.42. The minimum atomic E-state index is 0.304. The van der Waals surface area contributed by atoms with E-state index in [1.807, 2.05) is 4.68 Å². The summed E-state index contributed by atoms with van der Waals surface area (Å²) in [4.78, 5) is 0. The molecule has 0 aliphatic rings. The first-order valence-corrected chi connectivity index (χ1v) is 7.07. The van der Waals surface area contributed by atoms with Gasteiger partial charge in [-0.05, 0) is 44.7 Å². The molecule has 104 valence electrons. The topological polar surface area (TPSA) is 29.9 Å². The molecular weight excluding hydrogens is 222 g/mol. The van der Waals surface area contributed by atoms with E-state index in [-0.39, 0.29) is 0 Å². The highest BCUT2D eigenvalue weighted by atomic mass is 15.3. The van der Waals surface area contributed by atoms with Gasteiger partial charge in [0.25, 0.3) is 0 Å². The maximum absolute atomic E-state index is 4.63. The average Bonchev–Trinajstić information content (AvgIpc) is 2.64. The van der Waals surface area contributed by atoms with E-state index in [0.717, 1.165) is 13.0 Å². The number of hydrogen-bond donors (Lipinski definition) is 1. The van der Waals surface area contributed by atoms with Crippen LogP contribution in [-0.4, -0.2) is 22.4 Å². The molecule has 0 radical (unpaired) electrons. The summed E-state index contributed by atoms with van der Waals surface area (Å²) in [7, 11) is 0. The molecule has 0 saturated carbocycles. The molecule has 0 aliphatic heterocycles. The fourth-order valence-electron chi connectivity index (χ4n) is 2.04. The highest BCUT2D eigenvalue weighted by molar-refractivity contribution is 5.02. The summed E-state index contributed by atoms with van der Waals surface area (Å²) in [5.74, 6) is 0. The third-order valence-corrected chi connectivity index (χ3v) is 3.21. The van der Waals surface area contributed by atoms with Gasteiger partial charge in [-0.3, -0.25) is 4.68 Å². The quantitative estimate of drug-likeness (QED) is 0.804. The Morgan fingerprint density at radius 2 is 1.94 bits per heavy atom. The van der Waals surface area contributed by atoms with E-state index in [2.05, 4.69) is 64.2 Å². The van der Waals surface area contributed by atoms with Gasteiger partial charge in [-0.2, -0.15) is 5.10 Å². The van der Waals surface area contributed by atoms with Crippen LogP contribution in [0.5, 0.6) is 0 Å². The van der Waals surface area contributed by atoms with Crippen molar-refractivity contribution in [2.45, 2.75) is 66.5 Å². The molecule has 0 amide bonds. The van der Waals surface area contributed by atoms with E-state index < -0.39 is 0 Å². The molecule has 0 atom stereocenters. The van der Waals surface area contributed by atoms with Crippen LogP contribution in [0.4, 0.5) is 0 Å². The lowest BCUT2D eigenvalue weighted by Crippen LogP contribution is -2.28. The standard InChI is InChI=1S/C15H29N3/c1-12(2)16-9-8-15(5,6)11-14-7-10-18(17-14)13(3)4/h7,10,12-13,16H,8-9,11H2,1-6H3. The van der Waals surface area contributed by atoms with Crippen molar-refractivity contribution in [3.63, 3.8) is 0 Å². The number of hydrogen-bond acceptors (Lipinski definition) is 2. The zero-order valence-electron chi connectivity index (χ0n) is 12.8. The molecule has 0 spiro atoms. The first kappa shape index (κ1) is 15.2. The first-order valence-electron chi connectivity index (χ1n) is 7.07. The second-order valence-electron chi connectivity index (χ2n) is 6.58. The molecule has 1 rings (SSSR count). The van der Waals surface area contributed by atoms with Crippen LogP contribution >= 0.6 is 0 Å². The zero-order chi connectivity index (χ0) is 13.8. The molecule has 0 aromatic carbocycles. The molecule has 3 heteroatoms. The lowest BCUT2D eigenvalue weighted by Gasteiger charge is -2.24. The van der Waals surface area contributed by atoms with E-state index in [4.69, 9.17) is 0 Å². The van der Waals surface area contributed by atoms with Gasteiger partial charge in [0, 0.05) is 18.3 Å². The molecule has 0 bridgehead atoms. The number of nitrogens with one attached hydrogen (secondary N) is 1. The van der Waals surface area contributed by atoms with Gasteiger partial charge >= 0.3 is 0 Å². The Kier molecular flexibility index (Phi) is 5.39. The van der Waals surface area contributed by atoms with Gasteiger partial charge < -0.3 is 5.32 Å². The smallest absolute Gasteiger partial charge is 0.0630 e. The Morgan fingerprint density at radius 1 is 1.28 bits per heavy atom. The molecule has 1 N–H and O–H groups in total. The fourth-order valence-corrected chi connectivity index (χ4v) is 2.04. The Hall–Kier alpha value is -0.830. The van der Waals surface area contributed by atoms with Crippen LogP contribution < -0.4 is 5.32 Å². The van der Waals surface area contributed by atoms with Gasteiger partial charge in [0.1, 0.15) is 0 Å². The normalized spacial score (nSPS) is 12.7. The van der Waals surface area contributed by atoms with Gasteiger partial charge in [-0.25, -0.2) is 0 Å². The van der Waals surface area contributed by atoms with Crippen LogP contribution in [0.25, 0.3) is 0 Å². The third-order valence-electron chi connectivity index (χ3n) is 3.21. The van der Waals surface area contributed by atoms with Crippen molar-refractivity contribution in [2.75, 3.05) is 6.54 Å². The van der Waals surface area contributed by atoms with Crippen LogP contribution in [0.3, 0.4) is 0 Å². The fraction of sp³-hybridized carbons (Fsp3) is 0.800. The number of nitrogens with zero attached hydrogens (tertiary/aromatic N) is 2. The SMILES string of the molecule is CC(C)NCCC(C)(C)Cc1ccn(C(C)C)n1. The van der Waals surface area contributed by atoms with Gasteiger partial charge in [0.05, 0.1) is 5.69 Å². The molecule has 0 aliphatic carbocycles. The van der Waals surface area contributed by atoms with Crippen molar-refractivity contribution in [1.29, 1.82) is 0 Å². The lowest BCUT2D eigenvalue weighted by atomic mass is 9.84. The van der Waals surface area contributed by atoms with Crippen molar-refractivity contribution < 1.29 is 0 Å². The monoisotopic (exact) mass is 251 g/mol. The molecule has 1 aromatic rings. The van der Waals surface area contributed by atoms with Crippen LogP contribution in [0, 0.1) is 5.41 Å². The maximum Gasteiger partial charge on any atom is 0.0630 e.